The third-order valence-electron chi connectivity index (χ3n) is 4.92. The largest absolute Gasteiger partial charge is 0.356 e. The van der Waals surface area contributed by atoms with E-state index in [9.17, 15) is 4.79 Å². The summed E-state index contributed by atoms with van der Waals surface area (Å²) < 4.78 is 7.88. The highest BCUT2D eigenvalue weighted by atomic mass is 16.5. The van der Waals surface area contributed by atoms with Crippen LogP contribution in [0.25, 0.3) is 10.9 Å². The molecule has 1 aliphatic rings. The number of aromatic nitrogens is 2. The van der Waals surface area contributed by atoms with Gasteiger partial charge >= 0.3 is 0 Å². The van der Waals surface area contributed by atoms with E-state index >= 15 is 0 Å². The second kappa shape index (κ2) is 6.92. The molecule has 2 heterocycles. The normalized spacial score (nSPS) is 17.4. The Balaban J connectivity index is 1.63. The third-order valence-corrected chi connectivity index (χ3v) is 4.92. The molecule has 4 rings (SSSR count). The first-order valence-electron chi connectivity index (χ1n) is 9.09. The summed E-state index contributed by atoms with van der Waals surface area (Å²) in [6.07, 6.45) is 5.21. The van der Waals surface area contributed by atoms with E-state index < -0.39 is 0 Å². The Labute approximate surface area is 153 Å². The van der Waals surface area contributed by atoms with Gasteiger partial charge in [0.15, 0.2) is 12.0 Å². The molecular formula is C21H23N3O2. The summed E-state index contributed by atoms with van der Waals surface area (Å²) in [6, 6.07) is 12.0. The lowest BCUT2D eigenvalue weighted by Crippen LogP contribution is -2.18. The lowest BCUT2D eigenvalue weighted by molar-refractivity contribution is -0.0366. The number of carbonyl (C=O) groups excluding carboxylic acids is 1. The molecule has 5 heteroatoms. The van der Waals surface area contributed by atoms with Crippen LogP contribution in [-0.2, 0) is 4.74 Å². The Morgan fingerprint density at radius 3 is 2.73 bits per heavy atom. The number of benzene rings is 2. The van der Waals surface area contributed by atoms with Crippen LogP contribution in [0.2, 0.25) is 0 Å². The highest BCUT2D eigenvalue weighted by molar-refractivity contribution is 5.96. The lowest BCUT2D eigenvalue weighted by atomic mass is 10.0. The van der Waals surface area contributed by atoms with Crippen molar-refractivity contribution in [3.63, 3.8) is 0 Å². The number of aryl methyl sites for hydroxylation is 1. The number of carbonyl (C=O) groups is 1. The van der Waals surface area contributed by atoms with Gasteiger partial charge in [0.2, 0.25) is 0 Å². The molecule has 0 saturated carbocycles. The van der Waals surface area contributed by atoms with E-state index in [4.69, 9.17) is 4.74 Å². The molecule has 1 unspecified atom stereocenters. The minimum Gasteiger partial charge on any atom is -0.356 e. The summed E-state index contributed by atoms with van der Waals surface area (Å²) in [5.41, 5.74) is 4.76. The monoisotopic (exact) mass is 349 g/mol. The first kappa shape index (κ1) is 16.8. The minimum absolute atomic E-state index is 0.0218. The highest BCUT2D eigenvalue weighted by Crippen LogP contribution is 2.29. The molecule has 5 nitrogen and oxygen atoms in total. The fourth-order valence-corrected chi connectivity index (χ4v) is 3.56. The first-order chi connectivity index (χ1) is 12.6. The fraction of sp³-hybridized carbons (Fsp3) is 0.333. The maximum atomic E-state index is 11.6. The van der Waals surface area contributed by atoms with Gasteiger partial charge in [-0.3, -0.25) is 4.79 Å². The van der Waals surface area contributed by atoms with Crippen LogP contribution in [-0.4, -0.2) is 22.2 Å². The Hall–Kier alpha value is -2.66. The molecule has 1 aromatic heterocycles. The van der Waals surface area contributed by atoms with Crippen LogP contribution in [0.5, 0.6) is 0 Å². The van der Waals surface area contributed by atoms with Crippen molar-refractivity contribution in [3.05, 3.63) is 53.7 Å². The third kappa shape index (κ3) is 3.22. The van der Waals surface area contributed by atoms with Gasteiger partial charge in [0.05, 0.1) is 11.7 Å². The maximum Gasteiger partial charge on any atom is 0.160 e. The molecule has 0 spiro atoms. The zero-order chi connectivity index (χ0) is 18.1. The topological polar surface area (TPSA) is 56.2 Å². The number of anilines is 2. The molecule has 26 heavy (non-hydrogen) atoms. The molecule has 2 aromatic carbocycles. The summed E-state index contributed by atoms with van der Waals surface area (Å²) in [5, 5.41) is 9.07. The summed E-state index contributed by atoms with van der Waals surface area (Å²) in [4.78, 5) is 11.6. The van der Waals surface area contributed by atoms with Crippen LogP contribution in [0.1, 0.15) is 48.3 Å². The molecule has 0 bridgehead atoms. The number of rotatable bonds is 4. The predicted molar refractivity (Wildman–Crippen MR) is 103 cm³/mol. The Bertz CT molecular complexity index is 955. The van der Waals surface area contributed by atoms with Gasteiger partial charge in [0.25, 0.3) is 0 Å². The number of nitrogens with one attached hydrogen (secondary N) is 1. The predicted octanol–water partition coefficient (Wildman–Crippen LogP) is 4.99. The number of hydrogen-bond donors (Lipinski definition) is 1. The summed E-state index contributed by atoms with van der Waals surface area (Å²) in [6.45, 7) is 4.35. The molecular weight excluding hydrogens is 326 g/mol. The fourth-order valence-electron chi connectivity index (χ4n) is 3.56. The van der Waals surface area contributed by atoms with Crippen LogP contribution in [0.4, 0.5) is 11.4 Å². The molecule has 1 fully saturated rings. The van der Waals surface area contributed by atoms with Crippen molar-refractivity contribution in [2.75, 3.05) is 11.9 Å². The molecule has 1 aliphatic heterocycles. The second-order valence-electron chi connectivity index (χ2n) is 6.89. The van der Waals surface area contributed by atoms with Gasteiger partial charge in [-0.2, -0.15) is 5.10 Å². The summed E-state index contributed by atoms with van der Waals surface area (Å²) in [7, 11) is 0. The first-order valence-corrected chi connectivity index (χ1v) is 9.09. The molecule has 1 saturated heterocycles. The molecule has 134 valence electrons. The van der Waals surface area contributed by atoms with Crippen molar-refractivity contribution in [2.45, 2.75) is 39.3 Å². The highest BCUT2D eigenvalue weighted by Gasteiger charge is 2.18. The number of ketones is 1. The van der Waals surface area contributed by atoms with Gasteiger partial charge < -0.3 is 10.1 Å². The van der Waals surface area contributed by atoms with E-state index in [0.717, 1.165) is 52.9 Å². The van der Waals surface area contributed by atoms with E-state index in [0.29, 0.717) is 0 Å². The van der Waals surface area contributed by atoms with Gasteiger partial charge in [-0.15, -0.1) is 0 Å². The lowest BCUT2D eigenvalue weighted by Gasteiger charge is -2.23. The van der Waals surface area contributed by atoms with Gasteiger partial charge in [-0.05, 0) is 75.1 Å². The van der Waals surface area contributed by atoms with Crippen LogP contribution in [0.15, 0.2) is 42.6 Å². The van der Waals surface area contributed by atoms with E-state index in [1.807, 2.05) is 42.1 Å². The Kier molecular flexibility index (Phi) is 4.47. The SMILES string of the molecule is CC(=O)c1ccc(Nc2ccc3cnn(C4CCCCO4)c3c2)cc1C. The quantitative estimate of drug-likeness (QED) is 0.674. The second-order valence-corrected chi connectivity index (χ2v) is 6.89. The van der Waals surface area contributed by atoms with Crippen molar-refractivity contribution in [3.8, 4) is 0 Å². The van der Waals surface area contributed by atoms with Crippen molar-refractivity contribution in [1.82, 2.24) is 9.78 Å². The smallest absolute Gasteiger partial charge is 0.160 e. The average Bonchev–Trinajstić information content (AvgIpc) is 3.05. The van der Waals surface area contributed by atoms with Crippen molar-refractivity contribution in [2.24, 2.45) is 0 Å². The number of hydrogen-bond acceptors (Lipinski definition) is 4. The van der Waals surface area contributed by atoms with Gasteiger partial charge in [0, 0.05) is 28.9 Å². The number of fused-ring (bicyclic) bond motifs is 1. The van der Waals surface area contributed by atoms with Crippen LogP contribution >= 0.6 is 0 Å². The van der Waals surface area contributed by atoms with Gasteiger partial charge in [-0.25, -0.2) is 4.68 Å². The molecule has 0 aliphatic carbocycles. The van der Waals surface area contributed by atoms with Crippen molar-refractivity contribution >= 4 is 28.1 Å². The van der Waals surface area contributed by atoms with E-state index in [1.54, 1.807) is 6.92 Å². The average molecular weight is 349 g/mol. The van der Waals surface area contributed by atoms with Crippen LogP contribution in [0.3, 0.4) is 0 Å². The molecule has 3 aromatic rings. The van der Waals surface area contributed by atoms with Crippen LogP contribution in [0, 0.1) is 6.92 Å². The Morgan fingerprint density at radius 1 is 1.19 bits per heavy atom. The summed E-state index contributed by atoms with van der Waals surface area (Å²) in [5.74, 6) is 0.0897. The zero-order valence-corrected chi connectivity index (χ0v) is 15.2. The Morgan fingerprint density at radius 2 is 2.00 bits per heavy atom. The molecule has 1 N–H and O–H groups in total. The number of Topliss-reactive ketones (excluding diaryl/α,β-unsaturated/α-hetero) is 1. The summed E-state index contributed by atoms with van der Waals surface area (Å²) >= 11 is 0. The van der Waals surface area contributed by atoms with E-state index in [1.165, 1.54) is 6.42 Å². The van der Waals surface area contributed by atoms with Crippen molar-refractivity contribution in [1.29, 1.82) is 0 Å². The molecule has 1 atom stereocenters. The van der Waals surface area contributed by atoms with Gasteiger partial charge in [-0.1, -0.05) is 0 Å². The van der Waals surface area contributed by atoms with Gasteiger partial charge in [0.1, 0.15) is 0 Å². The molecule has 0 radical (unpaired) electrons. The maximum absolute atomic E-state index is 11.6. The number of ether oxygens (including phenoxy) is 1. The van der Waals surface area contributed by atoms with Crippen molar-refractivity contribution < 1.29 is 9.53 Å². The standard InChI is InChI=1S/C21H23N3O2/c1-14-11-17(8-9-19(14)15(2)25)23-18-7-6-16-13-22-24(20(16)12-18)21-5-3-4-10-26-21/h6-9,11-13,21,23H,3-5,10H2,1-2H3. The minimum atomic E-state index is 0.0218. The van der Waals surface area contributed by atoms with Crippen LogP contribution < -0.4 is 5.32 Å². The zero-order valence-electron chi connectivity index (χ0n) is 15.2. The molecule has 0 amide bonds. The van der Waals surface area contributed by atoms with E-state index in [2.05, 4.69) is 22.5 Å². The van der Waals surface area contributed by atoms with E-state index in [-0.39, 0.29) is 12.0 Å². The number of nitrogens with zero attached hydrogens (tertiary/aromatic N) is 2.